The fourth-order valence-electron chi connectivity index (χ4n) is 2.48. The topological polar surface area (TPSA) is 112 Å². The lowest BCUT2D eigenvalue weighted by Gasteiger charge is -2.44. The Kier molecular flexibility index (Phi) is 8.14. The summed E-state index contributed by atoms with van der Waals surface area (Å²) in [6.07, 6.45) is 0.389. The third-order valence-electron chi connectivity index (χ3n) is 4.18. The molecule has 1 fully saturated rings. The predicted octanol–water partition coefficient (Wildman–Crippen LogP) is 0.232. The molecule has 1 heterocycles. The second-order valence-corrected chi connectivity index (χ2v) is 6.69. The van der Waals surface area contributed by atoms with Crippen LogP contribution in [0.25, 0.3) is 0 Å². The molecule has 0 spiro atoms. The minimum absolute atomic E-state index is 0.190. The van der Waals surface area contributed by atoms with Crippen LogP contribution in [-0.4, -0.2) is 78.8 Å². The molecule has 1 rings (SSSR count). The minimum Gasteiger partial charge on any atom is -0.464 e. The van der Waals surface area contributed by atoms with Crippen molar-refractivity contribution in [2.45, 2.75) is 64.3 Å². The van der Waals surface area contributed by atoms with Crippen LogP contribution in [0.4, 0.5) is 0 Å². The van der Waals surface area contributed by atoms with Gasteiger partial charge in [-0.15, -0.1) is 0 Å². The number of aliphatic hydroxyl groups is 1. The molecule has 9 nitrogen and oxygen atoms in total. The molecule has 1 amide bonds. The van der Waals surface area contributed by atoms with E-state index in [2.05, 4.69) is 0 Å². The van der Waals surface area contributed by atoms with Crippen LogP contribution >= 0.6 is 0 Å². The molecule has 3 atom stereocenters. The number of ether oxygens (including phenoxy) is 4. The number of amides is 1. The highest BCUT2D eigenvalue weighted by atomic mass is 16.8. The van der Waals surface area contributed by atoms with Crippen molar-refractivity contribution in [3.63, 3.8) is 0 Å². The number of nitrogens with zero attached hydrogens (tertiary/aromatic N) is 1. The van der Waals surface area contributed by atoms with E-state index in [1.807, 2.05) is 6.92 Å². The summed E-state index contributed by atoms with van der Waals surface area (Å²) >= 11 is 0. The Morgan fingerprint density at radius 3 is 2.69 bits per heavy atom. The number of hydrogen-bond acceptors (Lipinski definition) is 8. The number of carbonyl (C=O) groups is 3. The Morgan fingerprint density at radius 2 is 2.15 bits per heavy atom. The highest BCUT2D eigenvalue weighted by molar-refractivity contribution is 5.91. The fraction of sp³-hybridized carbons (Fsp3) is 0.824. The molecule has 0 aromatic heterocycles. The van der Waals surface area contributed by atoms with E-state index < -0.39 is 35.5 Å². The van der Waals surface area contributed by atoms with E-state index in [-0.39, 0.29) is 19.8 Å². The molecule has 26 heavy (non-hydrogen) atoms. The van der Waals surface area contributed by atoms with Crippen LogP contribution in [0, 0.1) is 0 Å². The van der Waals surface area contributed by atoms with Gasteiger partial charge in [0.15, 0.2) is 5.79 Å². The number of Topliss-reactive ketones (excluding diaryl/α,β-unsaturated/α-hetero) is 1. The first-order valence-electron chi connectivity index (χ1n) is 8.58. The van der Waals surface area contributed by atoms with Crippen molar-refractivity contribution in [2.24, 2.45) is 0 Å². The van der Waals surface area contributed by atoms with Gasteiger partial charge in [-0.3, -0.25) is 14.4 Å². The first kappa shape index (κ1) is 22.5. The van der Waals surface area contributed by atoms with Crippen LogP contribution in [0.2, 0.25) is 0 Å². The largest absolute Gasteiger partial charge is 0.464 e. The maximum atomic E-state index is 12.6. The monoisotopic (exact) mass is 375 g/mol. The van der Waals surface area contributed by atoms with Gasteiger partial charge in [-0.25, -0.2) is 0 Å². The number of methoxy groups -OCH3 is 1. The summed E-state index contributed by atoms with van der Waals surface area (Å²) in [5, 5.41) is 10.4. The van der Waals surface area contributed by atoms with Crippen molar-refractivity contribution in [3.8, 4) is 0 Å². The van der Waals surface area contributed by atoms with E-state index in [1.165, 1.54) is 14.0 Å². The Balaban J connectivity index is 2.77. The quantitative estimate of drug-likeness (QED) is 0.250. The molecule has 0 aliphatic carbocycles. The van der Waals surface area contributed by atoms with E-state index >= 15 is 0 Å². The first-order chi connectivity index (χ1) is 12.1. The summed E-state index contributed by atoms with van der Waals surface area (Å²) in [4.78, 5) is 36.7. The number of hydrogen-bond donors (Lipinski definition) is 1. The average Bonchev–Trinajstić information content (AvgIpc) is 2.58. The minimum atomic E-state index is -1.73. The lowest BCUT2D eigenvalue weighted by atomic mass is 9.96. The zero-order chi connectivity index (χ0) is 20.0. The van der Waals surface area contributed by atoms with Crippen LogP contribution in [0.1, 0.15) is 40.5 Å². The van der Waals surface area contributed by atoms with Crippen LogP contribution in [0.15, 0.2) is 0 Å². The zero-order valence-corrected chi connectivity index (χ0v) is 16.0. The van der Waals surface area contributed by atoms with E-state index in [1.54, 1.807) is 13.8 Å². The Bertz CT molecular complexity index is 509. The van der Waals surface area contributed by atoms with E-state index in [4.69, 9.17) is 18.9 Å². The van der Waals surface area contributed by atoms with Gasteiger partial charge >= 0.3 is 5.97 Å². The molecule has 0 bridgehead atoms. The molecule has 0 aromatic carbocycles. The molecule has 0 radical (unpaired) electrons. The normalized spacial score (nSPS) is 26.5. The van der Waals surface area contributed by atoms with Crippen LogP contribution in [0.5, 0.6) is 0 Å². The lowest BCUT2D eigenvalue weighted by molar-refractivity contribution is -0.332. The molecule has 3 unspecified atom stereocenters. The van der Waals surface area contributed by atoms with Crippen molar-refractivity contribution in [1.29, 1.82) is 0 Å². The van der Waals surface area contributed by atoms with Gasteiger partial charge in [0.1, 0.15) is 12.6 Å². The zero-order valence-electron chi connectivity index (χ0n) is 16.0. The van der Waals surface area contributed by atoms with Gasteiger partial charge in [0, 0.05) is 7.11 Å². The van der Waals surface area contributed by atoms with Crippen LogP contribution in [-0.2, 0) is 33.3 Å². The number of unbranched alkanes of at least 4 members (excludes halogenated alkanes) is 1. The Labute approximate surface area is 153 Å². The summed E-state index contributed by atoms with van der Waals surface area (Å²) in [5.41, 5.74) is 0. The van der Waals surface area contributed by atoms with Gasteiger partial charge in [0.05, 0.1) is 19.3 Å². The van der Waals surface area contributed by atoms with Gasteiger partial charge < -0.3 is 29.0 Å². The molecule has 1 N–H and O–H groups in total. The SMILES string of the molecule is CCCCOC(=O)CN(C=O)C1COC(C)(OC(C)(C)OC)C(=O)C1O. The average molecular weight is 375 g/mol. The molecule has 150 valence electrons. The molecule has 0 aromatic rings. The number of rotatable bonds is 10. The van der Waals surface area contributed by atoms with Crippen molar-refractivity contribution in [1.82, 2.24) is 4.90 Å². The smallest absolute Gasteiger partial charge is 0.325 e. The third kappa shape index (κ3) is 5.73. The maximum absolute atomic E-state index is 12.6. The number of esters is 1. The van der Waals surface area contributed by atoms with Gasteiger partial charge in [-0.2, -0.15) is 0 Å². The molecular formula is C17H29NO8. The maximum Gasteiger partial charge on any atom is 0.325 e. The van der Waals surface area contributed by atoms with Crippen molar-refractivity contribution in [3.05, 3.63) is 0 Å². The summed E-state index contributed by atoms with van der Waals surface area (Å²) < 4.78 is 21.2. The van der Waals surface area contributed by atoms with Gasteiger partial charge in [-0.1, -0.05) is 13.3 Å². The molecule has 1 saturated heterocycles. The van der Waals surface area contributed by atoms with E-state index in [0.717, 1.165) is 11.3 Å². The van der Waals surface area contributed by atoms with Crippen molar-refractivity contribution >= 4 is 18.2 Å². The molecule has 1 aliphatic rings. The third-order valence-corrected chi connectivity index (χ3v) is 4.18. The van der Waals surface area contributed by atoms with Crippen molar-refractivity contribution in [2.75, 3.05) is 26.9 Å². The lowest BCUT2D eigenvalue weighted by Crippen LogP contribution is -2.64. The molecule has 0 saturated carbocycles. The van der Waals surface area contributed by atoms with Crippen LogP contribution < -0.4 is 0 Å². The first-order valence-corrected chi connectivity index (χ1v) is 8.58. The number of ketones is 1. The van der Waals surface area contributed by atoms with Crippen LogP contribution in [0.3, 0.4) is 0 Å². The van der Waals surface area contributed by atoms with Gasteiger partial charge in [0.2, 0.25) is 18.0 Å². The van der Waals surface area contributed by atoms with Crippen molar-refractivity contribution < 1.29 is 38.4 Å². The summed E-state index contributed by atoms with van der Waals surface area (Å²) in [6.45, 7) is 6.20. The summed E-state index contributed by atoms with van der Waals surface area (Å²) in [5.74, 6) is -4.23. The fourth-order valence-corrected chi connectivity index (χ4v) is 2.48. The predicted molar refractivity (Wildman–Crippen MR) is 90.0 cm³/mol. The van der Waals surface area contributed by atoms with Gasteiger partial charge in [-0.05, 0) is 27.2 Å². The summed E-state index contributed by atoms with van der Waals surface area (Å²) in [7, 11) is 1.41. The molecule has 9 heteroatoms. The summed E-state index contributed by atoms with van der Waals surface area (Å²) in [6, 6.07) is -1.01. The standard InChI is InChI=1S/C17H29NO8/c1-6-7-8-24-13(20)9-18(11-19)12-10-25-17(4,15(22)14(12)21)26-16(2,3)23-5/h11-12,14,21H,6-10H2,1-5H3. The highest BCUT2D eigenvalue weighted by Crippen LogP contribution is 2.30. The highest BCUT2D eigenvalue weighted by Gasteiger charge is 2.51. The molecular weight excluding hydrogens is 346 g/mol. The Hall–Kier alpha value is -1.55. The van der Waals surface area contributed by atoms with Gasteiger partial charge in [0.25, 0.3) is 0 Å². The molecule has 1 aliphatic heterocycles. The van der Waals surface area contributed by atoms with E-state index in [0.29, 0.717) is 12.8 Å². The number of carbonyl (C=O) groups excluding carboxylic acids is 3. The second kappa shape index (κ2) is 9.40. The second-order valence-electron chi connectivity index (χ2n) is 6.69. The Morgan fingerprint density at radius 1 is 1.50 bits per heavy atom. The number of aliphatic hydroxyl groups excluding tert-OH is 1. The van der Waals surface area contributed by atoms with E-state index in [9.17, 15) is 19.5 Å².